The number of hydrogen-bond donors (Lipinski definition) is 2. The summed E-state index contributed by atoms with van der Waals surface area (Å²) in [5, 5.41) is 0. The number of likely N-dealkylation sites (tertiary alicyclic amines) is 1. The first-order valence-corrected chi connectivity index (χ1v) is 5.81. The number of H-pyrrole nitrogens is 1. The van der Waals surface area contributed by atoms with Crippen molar-refractivity contribution in [2.75, 3.05) is 20.1 Å². The van der Waals surface area contributed by atoms with E-state index in [4.69, 9.17) is 5.73 Å². The molecule has 0 bridgehead atoms. The summed E-state index contributed by atoms with van der Waals surface area (Å²) in [4.78, 5) is 16.5. The van der Waals surface area contributed by atoms with Gasteiger partial charge in [-0.2, -0.15) is 0 Å². The fourth-order valence-corrected chi connectivity index (χ4v) is 2.28. The van der Waals surface area contributed by atoms with Crippen molar-refractivity contribution in [1.82, 2.24) is 9.88 Å². The Kier molecular flexibility index (Phi) is 3.41. The summed E-state index contributed by atoms with van der Waals surface area (Å²) in [5.41, 5.74) is 7.41. The van der Waals surface area contributed by atoms with Crippen molar-refractivity contribution in [1.29, 1.82) is 0 Å². The first-order chi connectivity index (χ1) is 7.70. The maximum atomic E-state index is 11.4. The van der Waals surface area contributed by atoms with E-state index in [1.807, 2.05) is 12.3 Å². The molecule has 0 aromatic carbocycles. The second kappa shape index (κ2) is 4.80. The topological polar surface area (TPSA) is 62.1 Å². The Morgan fingerprint density at radius 2 is 2.19 bits per heavy atom. The van der Waals surface area contributed by atoms with Crippen LogP contribution in [0, 0.1) is 0 Å². The van der Waals surface area contributed by atoms with Crippen LogP contribution >= 0.6 is 0 Å². The molecule has 0 spiro atoms. The summed E-state index contributed by atoms with van der Waals surface area (Å²) in [6, 6.07) is 1.97. The maximum absolute atomic E-state index is 11.4. The molecular formula is C12H19N3O. The molecular weight excluding hydrogens is 202 g/mol. The highest BCUT2D eigenvalue weighted by Gasteiger charge is 2.18. The Labute approximate surface area is 95.5 Å². The van der Waals surface area contributed by atoms with Crippen molar-refractivity contribution < 1.29 is 0 Å². The molecule has 1 aliphatic rings. The number of rotatable bonds is 2. The molecule has 1 saturated heterocycles. The number of piperidine rings is 1. The molecule has 1 fully saturated rings. The molecule has 88 valence electrons. The van der Waals surface area contributed by atoms with E-state index in [0.29, 0.717) is 18.0 Å². The number of nitrogens with two attached hydrogens (primary N) is 1. The first kappa shape index (κ1) is 11.4. The predicted octanol–water partition coefficient (Wildman–Crippen LogP) is 0.643. The second-order valence-corrected chi connectivity index (χ2v) is 4.57. The third-order valence-corrected chi connectivity index (χ3v) is 3.41. The molecule has 2 rings (SSSR count). The van der Waals surface area contributed by atoms with Gasteiger partial charge in [0.25, 0.3) is 5.56 Å². The molecule has 2 heterocycles. The first-order valence-electron chi connectivity index (χ1n) is 5.81. The number of pyridine rings is 1. The van der Waals surface area contributed by atoms with Crippen LogP contribution < -0.4 is 11.3 Å². The smallest absolute Gasteiger partial charge is 0.252 e. The Hall–Kier alpha value is -1.13. The standard InChI is InChI=1S/C12H19N3O/c1-15-4-2-9(3-5-15)11-6-10(7-13)12(16)14-8-11/h6,8-9H,2-5,7,13H2,1H3,(H,14,16). The minimum Gasteiger partial charge on any atom is -0.329 e. The van der Waals surface area contributed by atoms with Crippen LogP contribution in [-0.2, 0) is 6.54 Å². The van der Waals surface area contributed by atoms with Crippen molar-refractivity contribution in [3.05, 3.63) is 33.7 Å². The van der Waals surface area contributed by atoms with Gasteiger partial charge in [0.1, 0.15) is 0 Å². The van der Waals surface area contributed by atoms with Crippen molar-refractivity contribution in [3.63, 3.8) is 0 Å². The number of aromatic amines is 1. The lowest BCUT2D eigenvalue weighted by Crippen LogP contribution is -2.29. The lowest BCUT2D eigenvalue weighted by molar-refractivity contribution is 0.255. The molecule has 0 amide bonds. The van der Waals surface area contributed by atoms with Gasteiger partial charge in [0, 0.05) is 18.3 Å². The van der Waals surface area contributed by atoms with Crippen LogP contribution in [0.4, 0.5) is 0 Å². The molecule has 0 radical (unpaired) electrons. The van der Waals surface area contributed by atoms with E-state index in [1.54, 1.807) is 0 Å². The molecule has 1 aromatic rings. The zero-order valence-corrected chi connectivity index (χ0v) is 9.70. The van der Waals surface area contributed by atoms with Crippen LogP contribution in [0.2, 0.25) is 0 Å². The number of aromatic nitrogens is 1. The van der Waals surface area contributed by atoms with E-state index in [9.17, 15) is 4.79 Å². The average molecular weight is 221 g/mol. The summed E-state index contributed by atoms with van der Waals surface area (Å²) < 4.78 is 0. The highest BCUT2D eigenvalue weighted by atomic mass is 16.1. The molecule has 3 N–H and O–H groups in total. The lowest BCUT2D eigenvalue weighted by atomic mass is 9.90. The van der Waals surface area contributed by atoms with Crippen LogP contribution in [0.25, 0.3) is 0 Å². The Morgan fingerprint density at radius 1 is 1.50 bits per heavy atom. The average Bonchev–Trinajstić information content (AvgIpc) is 2.31. The summed E-state index contributed by atoms with van der Waals surface area (Å²) in [7, 11) is 2.15. The van der Waals surface area contributed by atoms with Gasteiger partial charge >= 0.3 is 0 Å². The van der Waals surface area contributed by atoms with Crippen LogP contribution in [-0.4, -0.2) is 30.0 Å². The molecule has 1 aromatic heterocycles. The van der Waals surface area contributed by atoms with Gasteiger partial charge in [-0.05, 0) is 50.5 Å². The van der Waals surface area contributed by atoms with Crippen molar-refractivity contribution in [3.8, 4) is 0 Å². The van der Waals surface area contributed by atoms with E-state index < -0.39 is 0 Å². The van der Waals surface area contributed by atoms with E-state index >= 15 is 0 Å². The summed E-state index contributed by atoms with van der Waals surface area (Å²) >= 11 is 0. The third-order valence-electron chi connectivity index (χ3n) is 3.41. The summed E-state index contributed by atoms with van der Waals surface area (Å²) in [6.07, 6.45) is 4.16. The number of nitrogens with zero attached hydrogens (tertiary/aromatic N) is 1. The molecule has 16 heavy (non-hydrogen) atoms. The number of nitrogens with one attached hydrogen (secondary N) is 1. The van der Waals surface area contributed by atoms with Crippen molar-refractivity contribution >= 4 is 0 Å². The molecule has 0 aliphatic carbocycles. The van der Waals surface area contributed by atoms with E-state index in [1.165, 1.54) is 5.56 Å². The maximum Gasteiger partial charge on any atom is 0.252 e. The minimum atomic E-state index is -0.0563. The fourth-order valence-electron chi connectivity index (χ4n) is 2.28. The summed E-state index contributed by atoms with van der Waals surface area (Å²) in [6.45, 7) is 2.57. The zero-order chi connectivity index (χ0) is 11.5. The lowest BCUT2D eigenvalue weighted by Gasteiger charge is -2.29. The molecule has 0 unspecified atom stereocenters. The summed E-state index contributed by atoms with van der Waals surface area (Å²) in [5.74, 6) is 0.568. The zero-order valence-electron chi connectivity index (χ0n) is 9.70. The molecule has 0 atom stereocenters. The van der Waals surface area contributed by atoms with Gasteiger partial charge < -0.3 is 15.6 Å². The SMILES string of the molecule is CN1CCC(c2c[nH]c(=O)c(CN)c2)CC1. The van der Waals surface area contributed by atoms with Gasteiger partial charge in [0.15, 0.2) is 0 Å². The highest BCUT2D eigenvalue weighted by Crippen LogP contribution is 2.26. The van der Waals surface area contributed by atoms with Crippen LogP contribution in [0.3, 0.4) is 0 Å². The van der Waals surface area contributed by atoms with Gasteiger partial charge in [-0.25, -0.2) is 0 Å². The highest BCUT2D eigenvalue weighted by molar-refractivity contribution is 5.22. The minimum absolute atomic E-state index is 0.0563. The van der Waals surface area contributed by atoms with Gasteiger partial charge in [0.05, 0.1) is 0 Å². The van der Waals surface area contributed by atoms with E-state index in [0.717, 1.165) is 25.9 Å². The third kappa shape index (κ3) is 2.33. The Bertz CT molecular complexity index is 405. The molecule has 1 aliphatic heterocycles. The predicted molar refractivity (Wildman–Crippen MR) is 64.4 cm³/mol. The fraction of sp³-hybridized carbons (Fsp3) is 0.583. The van der Waals surface area contributed by atoms with Crippen molar-refractivity contribution in [2.24, 2.45) is 5.73 Å². The molecule has 4 heteroatoms. The van der Waals surface area contributed by atoms with Crippen LogP contribution in [0.15, 0.2) is 17.1 Å². The van der Waals surface area contributed by atoms with Gasteiger partial charge in [-0.3, -0.25) is 4.79 Å². The van der Waals surface area contributed by atoms with Gasteiger partial charge in [0.2, 0.25) is 0 Å². The van der Waals surface area contributed by atoms with E-state index in [2.05, 4.69) is 16.9 Å². The van der Waals surface area contributed by atoms with Gasteiger partial charge in [-0.15, -0.1) is 0 Å². The monoisotopic (exact) mass is 221 g/mol. The molecule has 0 saturated carbocycles. The largest absolute Gasteiger partial charge is 0.329 e. The van der Waals surface area contributed by atoms with Crippen LogP contribution in [0.1, 0.15) is 29.9 Å². The Balaban J connectivity index is 2.18. The second-order valence-electron chi connectivity index (χ2n) is 4.57. The van der Waals surface area contributed by atoms with Gasteiger partial charge in [-0.1, -0.05) is 0 Å². The Morgan fingerprint density at radius 3 is 2.81 bits per heavy atom. The molecule has 4 nitrogen and oxygen atoms in total. The number of hydrogen-bond acceptors (Lipinski definition) is 3. The quantitative estimate of drug-likeness (QED) is 0.770. The van der Waals surface area contributed by atoms with E-state index in [-0.39, 0.29) is 5.56 Å². The van der Waals surface area contributed by atoms with Crippen molar-refractivity contribution in [2.45, 2.75) is 25.3 Å². The van der Waals surface area contributed by atoms with Crippen LogP contribution in [0.5, 0.6) is 0 Å². The normalized spacial score (nSPS) is 18.9.